The molecule has 0 atom stereocenters. The molecular formula is C18H16N4O4S2. The number of hydrogen-bond donors (Lipinski definition) is 1. The Morgan fingerprint density at radius 2 is 2.25 bits per heavy atom. The normalized spacial score (nSPS) is 12.8. The van der Waals surface area contributed by atoms with Crippen LogP contribution in [-0.4, -0.2) is 33.7 Å². The van der Waals surface area contributed by atoms with Gasteiger partial charge < -0.3 is 10.1 Å². The van der Waals surface area contributed by atoms with Gasteiger partial charge in [0, 0.05) is 16.3 Å². The summed E-state index contributed by atoms with van der Waals surface area (Å²) >= 11 is 3.07. The number of rotatable bonds is 6. The molecule has 0 bridgehead atoms. The van der Waals surface area contributed by atoms with Gasteiger partial charge in [0.1, 0.15) is 21.9 Å². The van der Waals surface area contributed by atoms with E-state index >= 15 is 0 Å². The number of thiophene rings is 1. The minimum Gasteiger partial charge on any atom is -0.494 e. The van der Waals surface area contributed by atoms with E-state index in [1.807, 2.05) is 0 Å². The molecule has 0 unspecified atom stereocenters. The number of methoxy groups -OCH3 is 1. The topological polar surface area (TPSA) is 107 Å². The Balaban J connectivity index is 1.49. The molecule has 10 heteroatoms. The van der Waals surface area contributed by atoms with Gasteiger partial charge in [0.05, 0.1) is 29.5 Å². The number of nitrogens with one attached hydrogen (secondary N) is 1. The average Bonchev–Trinajstić information content (AvgIpc) is 3.27. The number of amides is 1. The summed E-state index contributed by atoms with van der Waals surface area (Å²) in [6, 6.07) is 4.08. The maximum absolute atomic E-state index is 12.4. The minimum atomic E-state index is -0.510. The molecular weight excluding hydrogens is 400 g/mol. The number of fused-ring (bicyclic) bond motifs is 3. The molecule has 2 heterocycles. The van der Waals surface area contributed by atoms with Crippen LogP contribution >= 0.6 is 23.1 Å². The first-order valence-electron chi connectivity index (χ1n) is 8.57. The number of nitro groups is 1. The van der Waals surface area contributed by atoms with Gasteiger partial charge in [0.2, 0.25) is 5.91 Å². The summed E-state index contributed by atoms with van der Waals surface area (Å²) in [6.45, 7) is 0. The molecule has 4 rings (SSSR count). The molecule has 28 heavy (non-hydrogen) atoms. The Morgan fingerprint density at radius 1 is 1.39 bits per heavy atom. The fourth-order valence-electron chi connectivity index (χ4n) is 3.23. The second-order valence-electron chi connectivity index (χ2n) is 6.19. The third-order valence-electron chi connectivity index (χ3n) is 4.48. The minimum absolute atomic E-state index is 0.0982. The molecule has 0 fully saturated rings. The van der Waals surface area contributed by atoms with Crippen LogP contribution in [0.1, 0.15) is 16.9 Å². The lowest BCUT2D eigenvalue weighted by molar-refractivity contribution is -0.384. The van der Waals surface area contributed by atoms with Gasteiger partial charge in [-0.25, -0.2) is 9.97 Å². The molecule has 3 aromatic rings. The summed E-state index contributed by atoms with van der Waals surface area (Å²) in [7, 11) is 1.40. The van der Waals surface area contributed by atoms with Crippen LogP contribution in [0, 0.1) is 10.1 Å². The molecule has 1 amide bonds. The van der Waals surface area contributed by atoms with Crippen molar-refractivity contribution in [1.29, 1.82) is 0 Å². The molecule has 2 aromatic heterocycles. The summed E-state index contributed by atoms with van der Waals surface area (Å²) in [5, 5.41) is 15.5. The van der Waals surface area contributed by atoms with Crippen molar-refractivity contribution < 1.29 is 14.5 Å². The van der Waals surface area contributed by atoms with Crippen LogP contribution in [0.3, 0.4) is 0 Å². The lowest BCUT2D eigenvalue weighted by atomic mass is 10.2. The van der Waals surface area contributed by atoms with Crippen LogP contribution < -0.4 is 10.1 Å². The standard InChI is InChI=1S/C18H16N4O4S2/c1-26-13-7-10(22(24)25)5-6-12(13)21-15(23)8-27-17-16-11-3-2-4-14(11)28-18(16)20-9-19-17/h5-7,9H,2-4,8H2,1H3,(H,21,23). The molecule has 1 aliphatic carbocycles. The van der Waals surface area contributed by atoms with Crippen LogP contribution in [-0.2, 0) is 17.6 Å². The predicted molar refractivity (Wildman–Crippen MR) is 108 cm³/mol. The number of carbonyl (C=O) groups is 1. The lowest BCUT2D eigenvalue weighted by Crippen LogP contribution is -2.15. The molecule has 144 valence electrons. The van der Waals surface area contributed by atoms with E-state index in [4.69, 9.17) is 4.74 Å². The molecule has 1 N–H and O–H groups in total. The largest absolute Gasteiger partial charge is 0.494 e. The number of hydrogen-bond acceptors (Lipinski definition) is 8. The molecule has 0 aliphatic heterocycles. The number of aryl methyl sites for hydroxylation is 2. The second kappa shape index (κ2) is 7.72. The van der Waals surface area contributed by atoms with E-state index in [2.05, 4.69) is 15.3 Å². The third-order valence-corrected chi connectivity index (χ3v) is 6.67. The van der Waals surface area contributed by atoms with Gasteiger partial charge in [-0.1, -0.05) is 11.8 Å². The lowest BCUT2D eigenvalue weighted by Gasteiger charge is -2.10. The summed E-state index contributed by atoms with van der Waals surface area (Å²) in [6.07, 6.45) is 4.80. The molecule has 0 spiro atoms. The number of anilines is 1. The molecule has 1 aliphatic rings. The smallest absolute Gasteiger partial charge is 0.273 e. The van der Waals surface area contributed by atoms with E-state index in [9.17, 15) is 14.9 Å². The first-order chi connectivity index (χ1) is 13.6. The summed E-state index contributed by atoms with van der Waals surface area (Å²) in [4.78, 5) is 33.9. The highest BCUT2D eigenvalue weighted by Crippen LogP contribution is 2.40. The van der Waals surface area contributed by atoms with Gasteiger partial charge >= 0.3 is 0 Å². The summed E-state index contributed by atoms with van der Waals surface area (Å²) in [5.74, 6) is 0.167. The number of carbonyl (C=O) groups excluding carboxylic acids is 1. The second-order valence-corrected chi connectivity index (χ2v) is 8.24. The number of thioether (sulfide) groups is 1. The molecule has 1 aromatic carbocycles. The van der Waals surface area contributed by atoms with E-state index in [0.717, 1.165) is 34.5 Å². The van der Waals surface area contributed by atoms with Crippen molar-refractivity contribution >= 4 is 50.6 Å². The fourth-order valence-corrected chi connectivity index (χ4v) is 5.35. The van der Waals surface area contributed by atoms with Gasteiger partial charge in [-0.2, -0.15) is 0 Å². The highest BCUT2D eigenvalue weighted by molar-refractivity contribution is 8.00. The Bertz CT molecular complexity index is 1080. The van der Waals surface area contributed by atoms with Crippen molar-refractivity contribution in [2.45, 2.75) is 24.3 Å². The van der Waals surface area contributed by atoms with E-state index < -0.39 is 4.92 Å². The number of ether oxygens (including phenoxy) is 1. The fraction of sp³-hybridized carbons (Fsp3) is 0.278. The number of aromatic nitrogens is 2. The van der Waals surface area contributed by atoms with E-state index in [-0.39, 0.29) is 23.1 Å². The maximum atomic E-state index is 12.4. The van der Waals surface area contributed by atoms with Gasteiger partial charge in [-0.3, -0.25) is 14.9 Å². The van der Waals surface area contributed by atoms with Crippen molar-refractivity contribution in [3.63, 3.8) is 0 Å². The SMILES string of the molecule is COc1cc([N+](=O)[O-])ccc1NC(=O)CSc1ncnc2sc3c(c12)CCC3. The number of nitro benzene ring substituents is 1. The maximum Gasteiger partial charge on any atom is 0.273 e. The van der Waals surface area contributed by atoms with Crippen LogP contribution in [0.4, 0.5) is 11.4 Å². The van der Waals surface area contributed by atoms with Crippen LogP contribution in [0.2, 0.25) is 0 Å². The monoisotopic (exact) mass is 416 g/mol. The number of non-ortho nitro benzene ring substituents is 1. The van der Waals surface area contributed by atoms with Crippen molar-refractivity contribution in [3.8, 4) is 5.75 Å². The van der Waals surface area contributed by atoms with Gasteiger partial charge in [-0.05, 0) is 30.9 Å². The highest BCUT2D eigenvalue weighted by Gasteiger charge is 2.22. The Labute approximate surface area is 168 Å². The Kier molecular flexibility index (Phi) is 5.14. The average molecular weight is 416 g/mol. The zero-order valence-electron chi connectivity index (χ0n) is 14.9. The molecule has 0 radical (unpaired) electrons. The first kappa shape index (κ1) is 18.6. The highest BCUT2D eigenvalue weighted by atomic mass is 32.2. The van der Waals surface area contributed by atoms with E-state index in [0.29, 0.717) is 5.69 Å². The summed E-state index contributed by atoms with van der Waals surface area (Å²) in [5.41, 5.74) is 1.61. The summed E-state index contributed by atoms with van der Waals surface area (Å²) < 4.78 is 5.15. The van der Waals surface area contributed by atoms with Crippen molar-refractivity contribution in [2.24, 2.45) is 0 Å². The van der Waals surface area contributed by atoms with Crippen molar-refractivity contribution in [1.82, 2.24) is 9.97 Å². The molecule has 0 saturated heterocycles. The molecule has 8 nitrogen and oxygen atoms in total. The zero-order valence-corrected chi connectivity index (χ0v) is 16.6. The predicted octanol–water partition coefficient (Wildman–Crippen LogP) is 3.83. The van der Waals surface area contributed by atoms with Gasteiger partial charge in [-0.15, -0.1) is 11.3 Å². The van der Waals surface area contributed by atoms with Crippen LogP contribution in [0.15, 0.2) is 29.6 Å². The van der Waals surface area contributed by atoms with Gasteiger partial charge in [0.25, 0.3) is 5.69 Å². The van der Waals surface area contributed by atoms with Crippen molar-refractivity contribution in [3.05, 3.63) is 45.1 Å². The van der Waals surface area contributed by atoms with Gasteiger partial charge in [0.15, 0.2) is 0 Å². The Hall–Kier alpha value is -2.72. The molecule has 0 saturated carbocycles. The first-order valence-corrected chi connectivity index (χ1v) is 10.4. The quantitative estimate of drug-likeness (QED) is 0.282. The van der Waals surface area contributed by atoms with Crippen LogP contribution in [0.25, 0.3) is 10.2 Å². The number of nitrogens with zero attached hydrogens (tertiary/aromatic N) is 3. The zero-order chi connectivity index (χ0) is 19.7. The van der Waals surface area contributed by atoms with Crippen molar-refractivity contribution in [2.75, 3.05) is 18.2 Å². The van der Waals surface area contributed by atoms with E-state index in [1.54, 1.807) is 11.3 Å². The van der Waals surface area contributed by atoms with E-state index in [1.165, 1.54) is 53.8 Å². The third kappa shape index (κ3) is 3.52. The number of benzene rings is 1. The van der Waals surface area contributed by atoms with Crippen LogP contribution in [0.5, 0.6) is 5.75 Å². The Morgan fingerprint density at radius 3 is 3.04 bits per heavy atom.